The molecule has 0 aliphatic carbocycles. The van der Waals surface area contributed by atoms with Crippen LogP contribution in [0.4, 0.5) is 0 Å². The number of allylic oxidation sites excluding steroid dienone is 1. The summed E-state index contributed by atoms with van der Waals surface area (Å²) in [4.78, 5) is 14.9. The Bertz CT molecular complexity index is 292. The lowest BCUT2D eigenvalue weighted by atomic mass is 10.2. The Hall–Kier alpha value is -0.960. The van der Waals surface area contributed by atoms with Crippen LogP contribution in [0.15, 0.2) is 35.5 Å². The van der Waals surface area contributed by atoms with Crippen molar-refractivity contribution in [1.82, 2.24) is 4.98 Å². The zero-order valence-electron chi connectivity index (χ0n) is 6.46. The molecule has 0 aliphatic rings. The molecule has 0 spiro atoms. The third-order valence-corrected chi connectivity index (χ3v) is 1.84. The zero-order chi connectivity index (χ0) is 8.97. The molecular formula is C9H8BrNO. The van der Waals surface area contributed by atoms with Gasteiger partial charge in [0.25, 0.3) is 0 Å². The molecule has 0 aliphatic heterocycles. The highest BCUT2D eigenvalue weighted by Crippen LogP contribution is 2.07. The number of hydrogen-bond acceptors (Lipinski definition) is 2. The molecule has 1 heterocycles. The first kappa shape index (κ1) is 9.13. The summed E-state index contributed by atoms with van der Waals surface area (Å²) in [7, 11) is 0. The van der Waals surface area contributed by atoms with E-state index >= 15 is 0 Å². The highest BCUT2D eigenvalue weighted by molar-refractivity contribution is 9.10. The standard InChI is InChI=1S/C9H8BrNO/c1-2-9(12)5-8-4-3-7(10)6-11-8/h2-4,6H,1,5H2. The smallest absolute Gasteiger partial charge is 0.161 e. The Kier molecular flexibility index (Phi) is 3.17. The van der Waals surface area contributed by atoms with Crippen LogP contribution in [-0.2, 0) is 11.2 Å². The van der Waals surface area contributed by atoms with Crippen LogP contribution in [0, 0.1) is 0 Å². The van der Waals surface area contributed by atoms with Gasteiger partial charge in [-0.2, -0.15) is 0 Å². The van der Waals surface area contributed by atoms with Gasteiger partial charge in [-0.05, 0) is 34.1 Å². The van der Waals surface area contributed by atoms with Crippen LogP contribution in [0.1, 0.15) is 5.69 Å². The second-order valence-corrected chi connectivity index (χ2v) is 3.23. The molecule has 0 N–H and O–H groups in total. The molecule has 12 heavy (non-hydrogen) atoms. The maximum absolute atomic E-state index is 10.9. The van der Waals surface area contributed by atoms with E-state index in [1.165, 1.54) is 6.08 Å². The van der Waals surface area contributed by atoms with Crippen molar-refractivity contribution in [2.45, 2.75) is 6.42 Å². The van der Waals surface area contributed by atoms with Crippen molar-refractivity contribution in [2.24, 2.45) is 0 Å². The summed E-state index contributed by atoms with van der Waals surface area (Å²) in [5, 5.41) is 0. The Labute approximate surface area is 79.5 Å². The van der Waals surface area contributed by atoms with Crippen molar-refractivity contribution in [2.75, 3.05) is 0 Å². The molecule has 0 fully saturated rings. The summed E-state index contributed by atoms with van der Waals surface area (Å²) in [6.45, 7) is 3.39. The SMILES string of the molecule is C=CC(=O)Cc1ccc(Br)cn1. The molecule has 1 rings (SSSR count). The molecule has 0 saturated heterocycles. The highest BCUT2D eigenvalue weighted by Gasteiger charge is 1.99. The van der Waals surface area contributed by atoms with E-state index in [2.05, 4.69) is 27.5 Å². The van der Waals surface area contributed by atoms with Gasteiger partial charge in [-0.1, -0.05) is 6.58 Å². The van der Waals surface area contributed by atoms with Gasteiger partial charge < -0.3 is 0 Å². The molecule has 2 nitrogen and oxygen atoms in total. The number of nitrogens with zero attached hydrogens (tertiary/aromatic N) is 1. The monoisotopic (exact) mass is 225 g/mol. The Morgan fingerprint density at radius 1 is 1.67 bits per heavy atom. The number of ketones is 1. The van der Waals surface area contributed by atoms with E-state index in [0.29, 0.717) is 6.42 Å². The molecule has 0 aromatic carbocycles. The third-order valence-electron chi connectivity index (χ3n) is 1.37. The van der Waals surface area contributed by atoms with Crippen molar-refractivity contribution in [3.05, 3.63) is 41.2 Å². The largest absolute Gasteiger partial charge is 0.294 e. The number of rotatable bonds is 3. The third kappa shape index (κ3) is 2.58. The topological polar surface area (TPSA) is 30.0 Å². The second-order valence-electron chi connectivity index (χ2n) is 2.31. The summed E-state index contributed by atoms with van der Waals surface area (Å²) in [6.07, 6.45) is 3.31. The number of carbonyl (C=O) groups is 1. The Morgan fingerprint density at radius 2 is 2.42 bits per heavy atom. The summed E-state index contributed by atoms with van der Waals surface area (Å²) < 4.78 is 0.914. The Morgan fingerprint density at radius 3 is 2.92 bits per heavy atom. The molecule has 0 amide bonds. The van der Waals surface area contributed by atoms with Crippen molar-refractivity contribution >= 4 is 21.7 Å². The Balaban J connectivity index is 2.71. The van der Waals surface area contributed by atoms with Crippen LogP contribution in [-0.4, -0.2) is 10.8 Å². The van der Waals surface area contributed by atoms with Crippen LogP contribution in [0.3, 0.4) is 0 Å². The van der Waals surface area contributed by atoms with E-state index in [9.17, 15) is 4.79 Å². The maximum atomic E-state index is 10.9. The van der Waals surface area contributed by atoms with E-state index in [4.69, 9.17) is 0 Å². The minimum atomic E-state index is -0.00942. The summed E-state index contributed by atoms with van der Waals surface area (Å²) in [5.74, 6) is -0.00942. The normalized spacial score (nSPS) is 9.42. The van der Waals surface area contributed by atoms with E-state index in [0.717, 1.165) is 10.2 Å². The van der Waals surface area contributed by atoms with Gasteiger partial charge in [-0.3, -0.25) is 9.78 Å². The zero-order valence-corrected chi connectivity index (χ0v) is 8.04. The van der Waals surface area contributed by atoms with Crippen molar-refractivity contribution in [3.63, 3.8) is 0 Å². The minimum absolute atomic E-state index is 0.00942. The van der Waals surface area contributed by atoms with Crippen LogP contribution in [0.5, 0.6) is 0 Å². The van der Waals surface area contributed by atoms with Crippen molar-refractivity contribution in [1.29, 1.82) is 0 Å². The fourth-order valence-corrected chi connectivity index (χ4v) is 0.996. The summed E-state index contributed by atoms with van der Waals surface area (Å²) in [5.41, 5.74) is 0.767. The van der Waals surface area contributed by atoms with Gasteiger partial charge in [0.1, 0.15) is 0 Å². The van der Waals surface area contributed by atoms with Crippen LogP contribution < -0.4 is 0 Å². The van der Waals surface area contributed by atoms with Crippen molar-refractivity contribution in [3.8, 4) is 0 Å². The van der Waals surface area contributed by atoms with Gasteiger partial charge in [-0.15, -0.1) is 0 Å². The number of pyridine rings is 1. The van der Waals surface area contributed by atoms with Gasteiger partial charge in [0.2, 0.25) is 0 Å². The molecule has 3 heteroatoms. The molecule has 0 unspecified atom stereocenters. The molecule has 1 aromatic rings. The maximum Gasteiger partial charge on any atom is 0.161 e. The van der Waals surface area contributed by atoms with E-state index < -0.39 is 0 Å². The summed E-state index contributed by atoms with van der Waals surface area (Å²) in [6, 6.07) is 3.67. The number of halogens is 1. The van der Waals surface area contributed by atoms with Crippen molar-refractivity contribution < 1.29 is 4.79 Å². The van der Waals surface area contributed by atoms with Crippen LogP contribution in [0.2, 0.25) is 0 Å². The molecule has 0 saturated carbocycles. The average molecular weight is 226 g/mol. The average Bonchev–Trinajstić information content (AvgIpc) is 2.09. The van der Waals surface area contributed by atoms with Gasteiger partial charge in [0, 0.05) is 16.4 Å². The first-order valence-electron chi connectivity index (χ1n) is 3.48. The van der Waals surface area contributed by atoms with Gasteiger partial charge in [0.05, 0.1) is 6.42 Å². The van der Waals surface area contributed by atoms with Crippen LogP contribution >= 0.6 is 15.9 Å². The van der Waals surface area contributed by atoms with E-state index in [-0.39, 0.29) is 5.78 Å². The molecule has 62 valence electrons. The number of carbonyl (C=O) groups excluding carboxylic acids is 1. The molecule has 0 atom stereocenters. The second kappa shape index (κ2) is 4.16. The van der Waals surface area contributed by atoms with Crippen LogP contribution in [0.25, 0.3) is 0 Å². The van der Waals surface area contributed by atoms with Gasteiger partial charge in [-0.25, -0.2) is 0 Å². The molecular weight excluding hydrogens is 218 g/mol. The number of hydrogen-bond donors (Lipinski definition) is 0. The minimum Gasteiger partial charge on any atom is -0.294 e. The highest BCUT2D eigenvalue weighted by atomic mass is 79.9. The first-order valence-corrected chi connectivity index (χ1v) is 4.27. The predicted molar refractivity (Wildman–Crippen MR) is 50.8 cm³/mol. The van der Waals surface area contributed by atoms with E-state index in [1.54, 1.807) is 6.20 Å². The molecule has 0 bridgehead atoms. The molecule has 1 aromatic heterocycles. The fourth-order valence-electron chi connectivity index (χ4n) is 0.762. The first-order chi connectivity index (χ1) is 5.72. The lowest BCUT2D eigenvalue weighted by Gasteiger charge is -1.95. The predicted octanol–water partition coefficient (Wildman–Crippen LogP) is 2.14. The summed E-state index contributed by atoms with van der Waals surface area (Å²) >= 11 is 3.26. The van der Waals surface area contributed by atoms with Gasteiger partial charge >= 0.3 is 0 Å². The lowest BCUT2D eigenvalue weighted by Crippen LogP contribution is -1.99. The number of aromatic nitrogens is 1. The lowest BCUT2D eigenvalue weighted by molar-refractivity contribution is -0.114. The fraction of sp³-hybridized carbons (Fsp3) is 0.111. The van der Waals surface area contributed by atoms with Gasteiger partial charge in [0.15, 0.2) is 5.78 Å². The molecule has 0 radical (unpaired) electrons. The van der Waals surface area contributed by atoms with E-state index in [1.807, 2.05) is 12.1 Å². The quantitative estimate of drug-likeness (QED) is 0.739.